The first kappa shape index (κ1) is 9.65. The number of allylic oxidation sites excluding steroid dienone is 1. The molecular formula is C9H15NOS. The summed E-state index contributed by atoms with van der Waals surface area (Å²) in [5.41, 5.74) is 0. The Bertz CT molecular complexity index is 191. The van der Waals surface area contributed by atoms with Gasteiger partial charge >= 0.3 is 0 Å². The van der Waals surface area contributed by atoms with E-state index in [9.17, 15) is 4.79 Å². The Morgan fingerprint density at radius 3 is 3.00 bits per heavy atom. The Morgan fingerprint density at radius 1 is 1.75 bits per heavy atom. The van der Waals surface area contributed by atoms with E-state index in [2.05, 4.69) is 19.1 Å². The van der Waals surface area contributed by atoms with Gasteiger partial charge in [0.25, 0.3) is 5.24 Å². The molecule has 1 aliphatic rings. The molecule has 1 amide bonds. The Labute approximate surface area is 78.0 Å². The second-order valence-corrected chi connectivity index (χ2v) is 3.94. The number of thioether (sulfide) groups is 1. The van der Waals surface area contributed by atoms with Crippen LogP contribution in [0, 0.1) is 0 Å². The fourth-order valence-corrected chi connectivity index (χ4v) is 2.10. The minimum absolute atomic E-state index is 0.196. The van der Waals surface area contributed by atoms with Gasteiger partial charge in [0.1, 0.15) is 0 Å². The van der Waals surface area contributed by atoms with Gasteiger partial charge in [-0.1, -0.05) is 37.3 Å². The monoisotopic (exact) mass is 185 g/mol. The molecule has 3 heteroatoms. The highest BCUT2D eigenvalue weighted by Gasteiger charge is 2.25. The smallest absolute Gasteiger partial charge is 0.281 e. The number of hydrogen-bond acceptors (Lipinski definition) is 2. The molecule has 1 aliphatic heterocycles. The van der Waals surface area contributed by atoms with E-state index in [4.69, 9.17) is 0 Å². The number of carbonyl (C=O) groups excluding carboxylic acids is 1. The van der Waals surface area contributed by atoms with Crippen LogP contribution < -0.4 is 0 Å². The van der Waals surface area contributed by atoms with E-state index in [-0.39, 0.29) is 5.24 Å². The second-order valence-electron chi connectivity index (χ2n) is 2.97. The van der Waals surface area contributed by atoms with Gasteiger partial charge in [-0.2, -0.15) is 0 Å². The maximum absolute atomic E-state index is 11.1. The number of rotatable bonds is 3. The summed E-state index contributed by atoms with van der Waals surface area (Å²) in [6.45, 7) is 2.16. The zero-order chi connectivity index (χ0) is 8.97. The fraction of sp³-hybridized carbons (Fsp3) is 0.667. The maximum atomic E-state index is 11.1. The van der Waals surface area contributed by atoms with Crippen molar-refractivity contribution in [2.75, 3.05) is 12.8 Å². The molecular weight excluding hydrogens is 170 g/mol. The summed E-state index contributed by atoms with van der Waals surface area (Å²) in [5, 5.41) is 0.196. The van der Waals surface area contributed by atoms with Gasteiger partial charge in [0.2, 0.25) is 0 Å². The lowest BCUT2D eigenvalue weighted by Gasteiger charge is -2.13. The van der Waals surface area contributed by atoms with Crippen molar-refractivity contribution >= 4 is 17.0 Å². The lowest BCUT2D eigenvalue weighted by molar-refractivity contribution is 0.232. The summed E-state index contributed by atoms with van der Waals surface area (Å²) in [4.78, 5) is 12.9. The molecule has 0 aliphatic carbocycles. The van der Waals surface area contributed by atoms with Crippen LogP contribution in [0.4, 0.5) is 4.79 Å². The zero-order valence-corrected chi connectivity index (χ0v) is 8.43. The third-order valence-electron chi connectivity index (χ3n) is 1.98. The summed E-state index contributed by atoms with van der Waals surface area (Å²) >= 11 is 1.41. The molecule has 12 heavy (non-hydrogen) atoms. The van der Waals surface area contributed by atoms with E-state index in [1.807, 2.05) is 7.05 Å². The van der Waals surface area contributed by atoms with E-state index < -0.39 is 0 Å². The highest BCUT2D eigenvalue weighted by molar-refractivity contribution is 8.13. The zero-order valence-electron chi connectivity index (χ0n) is 7.62. The van der Waals surface area contributed by atoms with Crippen molar-refractivity contribution in [1.29, 1.82) is 0 Å². The standard InChI is InChI=1S/C9H15NOS/c1-3-4-5-6-8-7-12-9(11)10(8)2/h5-6,8H,3-4,7H2,1-2H3. The van der Waals surface area contributed by atoms with Crippen molar-refractivity contribution in [2.45, 2.75) is 25.8 Å². The number of carbonyl (C=O) groups is 1. The SMILES string of the molecule is CCCC=CC1CSC(=O)N1C. The molecule has 68 valence electrons. The van der Waals surface area contributed by atoms with E-state index in [0.717, 1.165) is 12.2 Å². The van der Waals surface area contributed by atoms with Crippen LogP contribution in [0.1, 0.15) is 19.8 Å². The van der Waals surface area contributed by atoms with Crippen molar-refractivity contribution in [3.8, 4) is 0 Å². The van der Waals surface area contributed by atoms with Gasteiger partial charge in [-0.15, -0.1) is 0 Å². The minimum atomic E-state index is 0.196. The van der Waals surface area contributed by atoms with Gasteiger partial charge in [-0.25, -0.2) is 0 Å². The fourth-order valence-electron chi connectivity index (χ4n) is 1.11. The average Bonchev–Trinajstić information content (AvgIpc) is 2.36. The number of unbranched alkanes of at least 4 members (excludes halogenated alkanes) is 1. The van der Waals surface area contributed by atoms with E-state index >= 15 is 0 Å². The molecule has 0 aromatic heterocycles. The molecule has 0 saturated carbocycles. The molecule has 1 fully saturated rings. The van der Waals surface area contributed by atoms with Gasteiger partial charge in [0.05, 0.1) is 6.04 Å². The third-order valence-corrected chi connectivity index (χ3v) is 3.02. The Balaban J connectivity index is 2.38. The average molecular weight is 185 g/mol. The summed E-state index contributed by atoms with van der Waals surface area (Å²) in [6.07, 6.45) is 6.60. The van der Waals surface area contributed by atoms with Crippen molar-refractivity contribution in [2.24, 2.45) is 0 Å². The molecule has 0 aromatic carbocycles. The second kappa shape index (κ2) is 4.55. The summed E-state index contributed by atoms with van der Waals surface area (Å²) in [7, 11) is 1.86. The molecule has 1 atom stereocenters. The van der Waals surface area contributed by atoms with Gasteiger partial charge < -0.3 is 4.90 Å². The highest BCUT2D eigenvalue weighted by atomic mass is 32.2. The molecule has 2 nitrogen and oxygen atoms in total. The van der Waals surface area contributed by atoms with Crippen molar-refractivity contribution in [1.82, 2.24) is 4.90 Å². The van der Waals surface area contributed by atoms with Crippen LogP contribution in [0.2, 0.25) is 0 Å². The van der Waals surface area contributed by atoms with Crippen LogP contribution in [-0.4, -0.2) is 29.0 Å². The number of nitrogens with zero attached hydrogens (tertiary/aromatic N) is 1. The van der Waals surface area contributed by atoms with Crippen molar-refractivity contribution in [3.05, 3.63) is 12.2 Å². The lowest BCUT2D eigenvalue weighted by atomic mass is 10.2. The quantitative estimate of drug-likeness (QED) is 0.630. The van der Waals surface area contributed by atoms with Crippen molar-refractivity contribution in [3.63, 3.8) is 0 Å². The summed E-state index contributed by atoms with van der Waals surface area (Å²) in [5.74, 6) is 0.912. The largest absolute Gasteiger partial charge is 0.329 e. The molecule has 0 aromatic rings. The van der Waals surface area contributed by atoms with Crippen LogP contribution >= 0.6 is 11.8 Å². The van der Waals surface area contributed by atoms with E-state index in [1.54, 1.807) is 4.90 Å². The van der Waals surface area contributed by atoms with Crippen LogP contribution in [-0.2, 0) is 0 Å². The van der Waals surface area contributed by atoms with Gasteiger partial charge in [-0.3, -0.25) is 4.79 Å². The first-order valence-electron chi connectivity index (χ1n) is 4.32. The normalized spacial score (nSPS) is 24.3. The van der Waals surface area contributed by atoms with Crippen LogP contribution in [0.5, 0.6) is 0 Å². The molecule has 0 radical (unpaired) electrons. The summed E-state index contributed by atoms with van der Waals surface area (Å²) in [6, 6.07) is 0.328. The van der Waals surface area contributed by atoms with Crippen LogP contribution in [0.25, 0.3) is 0 Å². The van der Waals surface area contributed by atoms with Crippen LogP contribution in [0.15, 0.2) is 12.2 Å². The van der Waals surface area contributed by atoms with Crippen LogP contribution in [0.3, 0.4) is 0 Å². The first-order chi connectivity index (χ1) is 5.75. The van der Waals surface area contributed by atoms with Crippen molar-refractivity contribution < 1.29 is 4.79 Å². The highest BCUT2D eigenvalue weighted by Crippen LogP contribution is 2.22. The summed E-state index contributed by atoms with van der Waals surface area (Å²) < 4.78 is 0. The lowest BCUT2D eigenvalue weighted by Crippen LogP contribution is -2.26. The number of hydrogen-bond donors (Lipinski definition) is 0. The maximum Gasteiger partial charge on any atom is 0.281 e. The Hall–Kier alpha value is -0.440. The Morgan fingerprint density at radius 2 is 2.50 bits per heavy atom. The van der Waals surface area contributed by atoms with E-state index in [0.29, 0.717) is 6.04 Å². The number of amides is 1. The molecule has 1 rings (SSSR count). The topological polar surface area (TPSA) is 20.3 Å². The third kappa shape index (κ3) is 2.27. The predicted octanol–water partition coefficient (Wildman–Crippen LogP) is 2.51. The molecule has 0 bridgehead atoms. The molecule has 0 N–H and O–H groups in total. The Kier molecular flexibility index (Phi) is 3.66. The first-order valence-corrected chi connectivity index (χ1v) is 5.30. The van der Waals surface area contributed by atoms with Gasteiger partial charge in [0, 0.05) is 12.8 Å². The number of likely N-dealkylation sites (N-methyl/N-ethyl adjacent to an activating group) is 1. The molecule has 1 unspecified atom stereocenters. The van der Waals surface area contributed by atoms with E-state index in [1.165, 1.54) is 18.2 Å². The minimum Gasteiger partial charge on any atom is -0.329 e. The van der Waals surface area contributed by atoms with Gasteiger partial charge in [-0.05, 0) is 6.42 Å². The van der Waals surface area contributed by atoms with Gasteiger partial charge in [0.15, 0.2) is 0 Å². The molecule has 1 saturated heterocycles. The molecule has 1 heterocycles. The molecule has 0 spiro atoms. The predicted molar refractivity (Wildman–Crippen MR) is 53.5 cm³/mol.